The van der Waals surface area contributed by atoms with Crippen LogP contribution in [-0.2, 0) is 11.3 Å². The van der Waals surface area contributed by atoms with Crippen molar-refractivity contribution in [3.05, 3.63) is 63.5 Å². The van der Waals surface area contributed by atoms with Crippen molar-refractivity contribution in [3.8, 4) is 10.6 Å². The van der Waals surface area contributed by atoms with Crippen LogP contribution in [0.15, 0.2) is 46.6 Å². The molecule has 0 saturated carbocycles. The summed E-state index contributed by atoms with van der Waals surface area (Å²) in [5.41, 5.74) is 0.840. The molecule has 0 atom stereocenters. The number of carbonyl (C=O) groups is 1. The zero-order valence-electron chi connectivity index (χ0n) is 16.3. The fraction of sp³-hybridized carbons (Fsp3) is 0.238. The molecule has 1 aliphatic heterocycles. The number of carbonyl (C=O) groups excluding carboxylic acids is 1. The zero-order chi connectivity index (χ0) is 21.4. The average molecular weight is 457 g/mol. The van der Waals surface area contributed by atoms with Gasteiger partial charge in [0.05, 0.1) is 22.8 Å². The topological polar surface area (TPSA) is 77.3 Å². The van der Waals surface area contributed by atoms with Crippen LogP contribution in [0.4, 0.5) is 9.52 Å². The van der Waals surface area contributed by atoms with Gasteiger partial charge >= 0.3 is 0 Å². The lowest BCUT2D eigenvalue weighted by atomic mass is 10.1. The van der Waals surface area contributed by atoms with Crippen LogP contribution >= 0.6 is 22.7 Å². The second kappa shape index (κ2) is 8.29. The number of aromatic nitrogens is 3. The van der Waals surface area contributed by atoms with Crippen LogP contribution in [0.3, 0.4) is 0 Å². The summed E-state index contributed by atoms with van der Waals surface area (Å²) in [7, 11) is 0. The van der Waals surface area contributed by atoms with Crippen molar-refractivity contribution in [2.24, 2.45) is 0 Å². The molecule has 7 nitrogen and oxygen atoms in total. The van der Waals surface area contributed by atoms with Crippen molar-refractivity contribution in [2.45, 2.75) is 6.54 Å². The predicted molar refractivity (Wildman–Crippen MR) is 119 cm³/mol. The SMILES string of the molecule is O=C(Cn1nc(-c2cccs2)c2sc(N3CCOCC3)nc2c1=O)c1ccc(F)cc1. The highest BCUT2D eigenvalue weighted by atomic mass is 32.1. The minimum atomic E-state index is -0.425. The molecule has 31 heavy (non-hydrogen) atoms. The molecule has 5 rings (SSSR count). The summed E-state index contributed by atoms with van der Waals surface area (Å²) in [6.07, 6.45) is 0. The van der Waals surface area contributed by atoms with Gasteiger partial charge in [0.1, 0.15) is 18.1 Å². The second-order valence-electron chi connectivity index (χ2n) is 6.99. The number of benzene rings is 1. The third-order valence-corrected chi connectivity index (χ3v) is 6.98. The lowest BCUT2D eigenvalue weighted by Crippen LogP contribution is -2.36. The van der Waals surface area contributed by atoms with Crippen LogP contribution in [0.1, 0.15) is 10.4 Å². The van der Waals surface area contributed by atoms with E-state index in [4.69, 9.17) is 4.74 Å². The first-order valence-corrected chi connectivity index (χ1v) is 11.4. The van der Waals surface area contributed by atoms with Crippen LogP contribution in [0.5, 0.6) is 0 Å². The van der Waals surface area contributed by atoms with Gasteiger partial charge < -0.3 is 9.64 Å². The molecule has 1 aromatic carbocycles. The molecule has 0 bridgehead atoms. The van der Waals surface area contributed by atoms with E-state index in [9.17, 15) is 14.0 Å². The van der Waals surface area contributed by atoms with Crippen LogP contribution < -0.4 is 10.5 Å². The average Bonchev–Trinajstić information content (AvgIpc) is 3.47. The number of fused-ring (bicyclic) bond motifs is 1. The standard InChI is InChI=1S/C21H17FN4O3S2/c22-14-5-3-13(4-6-14)15(27)12-26-20(28)18-19(17(24-26)16-2-1-11-30-16)31-21(23-18)25-7-9-29-10-8-25/h1-6,11H,7-10,12H2. The normalized spacial score (nSPS) is 14.3. The molecular weight excluding hydrogens is 439 g/mol. The highest BCUT2D eigenvalue weighted by Crippen LogP contribution is 2.35. The summed E-state index contributed by atoms with van der Waals surface area (Å²) in [6.45, 7) is 2.39. The second-order valence-corrected chi connectivity index (χ2v) is 8.92. The molecule has 0 spiro atoms. The Morgan fingerprint density at radius 1 is 1.16 bits per heavy atom. The number of thiophene rings is 1. The minimum absolute atomic E-state index is 0.247. The molecule has 0 amide bonds. The lowest BCUT2D eigenvalue weighted by Gasteiger charge is -2.25. The molecule has 10 heteroatoms. The number of halogens is 1. The Balaban J connectivity index is 1.59. The van der Waals surface area contributed by atoms with Gasteiger partial charge in [0.25, 0.3) is 5.56 Å². The fourth-order valence-corrected chi connectivity index (χ4v) is 5.27. The predicted octanol–water partition coefficient (Wildman–Crippen LogP) is 3.44. The van der Waals surface area contributed by atoms with Gasteiger partial charge in [-0.15, -0.1) is 11.3 Å². The molecule has 1 saturated heterocycles. The van der Waals surface area contributed by atoms with E-state index in [0.29, 0.717) is 47.8 Å². The fourth-order valence-electron chi connectivity index (χ4n) is 3.38. The van der Waals surface area contributed by atoms with E-state index in [1.165, 1.54) is 46.9 Å². The van der Waals surface area contributed by atoms with Crippen molar-refractivity contribution in [2.75, 3.05) is 31.2 Å². The Labute approximate surface area is 184 Å². The van der Waals surface area contributed by atoms with Crippen molar-refractivity contribution < 1.29 is 13.9 Å². The lowest BCUT2D eigenvalue weighted by molar-refractivity contribution is 0.0966. The molecule has 0 N–H and O–H groups in total. The van der Waals surface area contributed by atoms with E-state index in [1.807, 2.05) is 17.5 Å². The molecule has 0 unspecified atom stereocenters. The van der Waals surface area contributed by atoms with Crippen LogP contribution in [-0.4, -0.2) is 46.9 Å². The van der Waals surface area contributed by atoms with Gasteiger partial charge in [0.2, 0.25) is 0 Å². The monoisotopic (exact) mass is 456 g/mol. The summed E-state index contributed by atoms with van der Waals surface area (Å²) in [5, 5.41) is 7.22. The van der Waals surface area contributed by atoms with Gasteiger partial charge in [0.15, 0.2) is 16.4 Å². The summed E-state index contributed by atoms with van der Waals surface area (Å²) >= 11 is 2.94. The minimum Gasteiger partial charge on any atom is -0.378 e. The third kappa shape index (κ3) is 3.89. The van der Waals surface area contributed by atoms with Crippen molar-refractivity contribution in [1.29, 1.82) is 0 Å². The van der Waals surface area contributed by atoms with Gasteiger partial charge in [-0.1, -0.05) is 17.4 Å². The number of thiazole rings is 1. The van der Waals surface area contributed by atoms with E-state index < -0.39 is 11.4 Å². The first-order valence-electron chi connectivity index (χ1n) is 9.67. The van der Waals surface area contributed by atoms with Gasteiger partial charge in [-0.25, -0.2) is 14.1 Å². The zero-order valence-corrected chi connectivity index (χ0v) is 17.9. The molecule has 4 heterocycles. The Hall–Kier alpha value is -2.95. The number of Topliss-reactive ketones (excluding diaryl/α,β-unsaturated/α-hetero) is 1. The van der Waals surface area contributed by atoms with Crippen LogP contribution in [0.25, 0.3) is 20.8 Å². The highest BCUT2D eigenvalue weighted by Gasteiger charge is 2.22. The summed E-state index contributed by atoms with van der Waals surface area (Å²) in [5.74, 6) is -0.749. The number of nitrogens with zero attached hydrogens (tertiary/aromatic N) is 4. The van der Waals surface area contributed by atoms with Gasteiger partial charge in [-0.2, -0.15) is 5.10 Å². The van der Waals surface area contributed by atoms with Crippen LogP contribution in [0.2, 0.25) is 0 Å². The maximum Gasteiger partial charge on any atom is 0.294 e. The van der Waals surface area contributed by atoms with E-state index in [0.717, 1.165) is 14.7 Å². The Morgan fingerprint density at radius 3 is 2.65 bits per heavy atom. The van der Waals surface area contributed by atoms with E-state index in [-0.39, 0.29) is 12.3 Å². The van der Waals surface area contributed by atoms with Gasteiger partial charge in [-0.05, 0) is 35.7 Å². The summed E-state index contributed by atoms with van der Waals surface area (Å²) in [4.78, 5) is 33.5. The van der Waals surface area contributed by atoms with Crippen molar-refractivity contribution >= 4 is 43.8 Å². The first kappa shape index (κ1) is 20.0. The maximum absolute atomic E-state index is 13.2. The first-order chi connectivity index (χ1) is 15.1. The number of anilines is 1. The van der Waals surface area contributed by atoms with Crippen molar-refractivity contribution in [1.82, 2.24) is 14.8 Å². The molecule has 0 aliphatic carbocycles. The molecule has 1 aliphatic rings. The number of hydrogen-bond donors (Lipinski definition) is 0. The van der Waals surface area contributed by atoms with Crippen LogP contribution in [0, 0.1) is 5.82 Å². The maximum atomic E-state index is 13.2. The smallest absolute Gasteiger partial charge is 0.294 e. The number of ether oxygens (including phenoxy) is 1. The largest absolute Gasteiger partial charge is 0.378 e. The molecule has 4 aromatic rings. The highest BCUT2D eigenvalue weighted by molar-refractivity contribution is 7.23. The quantitative estimate of drug-likeness (QED) is 0.428. The molecule has 1 fully saturated rings. The number of rotatable bonds is 5. The number of morpholine rings is 1. The molecular formula is C21H17FN4O3S2. The molecule has 0 radical (unpaired) electrons. The number of ketones is 1. The molecule has 158 valence electrons. The van der Waals surface area contributed by atoms with Crippen molar-refractivity contribution in [3.63, 3.8) is 0 Å². The third-order valence-electron chi connectivity index (χ3n) is 4.98. The van der Waals surface area contributed by atoms with E-state index in [2.05, 4.69) is 15.0 Å². The van der Waals surface area contributed by atoms with E-state index >= 15 is 0 Å². The summed E-state index contributed by atoms with van der Waals surface area (Å²) < 4.78 is 20.5. The molecule has 3 aromatic heterocycles. The van der Waals surface area contributed by atoms with Gasteiger partial charge in [-0.3, -0.25) is 9.59 Å². The Morgan fingerprint density at radius 2 is 1.94 bits per heavy atom. The Kier molecular flexibility index (Phi) is 5.34. The van der Waals surface area contributed by atoms with E-state index in [1.54, 1.807) is 0 Å². The van der Waals surface area contributed by atoms with Gasteiger partial charge in [0, 0.05) is 18.7 Å². The number of hydrogen-bond acceptors (Lipinski definition) is 8. The Bertz CT molecular complexity index is 1290. The summed E-state index contributed by atoms with van der Waals surface area (Å²) in [6, 6.07) is 9.09.